The quantitative estimate of drug-likeness (QED) is 0.883. The van der Waals surface area contributed by atoms with Crippen LogP contribution in [-0.2, 0) is 4.74 Å². The summed E-state index contributed by atoms with van der Waals surface area (Å²) in [5.41, 5.74) is 1.08. The molecular weight excluding hydrogens is 228 g/mol. The van der Waals surface area contributed by atoms with Crippen molar-refractivity contribution in [3.8, 4) is 0 Å². The van der Waals surface area contributed by atoms with E-state index < -0.39 is 0 Å². The third-order valence-corrected chi connectivity index (χ3v) is 3.13. The van der Waals surface area contributed by atoms with Crippen LogP contribution in [0.4, 0.5) is 11.8 Å². The molecule has 2 rings (SSSR count). The largest absolute Gasteiger partial charge is 0.376 e. The monoisotopic (exact) mass is 250 g/mol. The van der Waals surface area contributed by atoms with Crippen LogP contribution < -0.4 is 10.2 Å². The summed E-state index contributed by atoms with van der Waals surface area (Å²) in [4.78, 5) is 10.8. The first-order chi connectivity index (χ1) is 8.66. The molecule has 1 aromatic rings. The zero-order chi connectivity index (χ0) is 13.0. The number of rotatable bonds is 4. The van der Waals surface area contributed by atoms with E-state index in [2.05, 4.69) is 15.3 Å². The molecule has 0 radical (unpaired) electrons. The summed E-state index contributed by atoms with van der Waals surface area (Å²) >= 11 is 0. The van der Waals surface area contributed by atoms with Gasteiger partial charge in [-0.25, -0.2) is 4.98 Å². The van der Waals surface area contributed by atoms with Crippen molar-refractivity contribution in [2.24, 2.45) is 0 Å². The molecule has 1 saturated heterocycles. The predicted molar refractivity (Wildman–Crippen MR) is 73.2 cm³/mol. The topological polar surface area (TPSA) is 50.3 Å². The van der Waals surface area contributed by atoms with Crippen molar-refractivity contribution >= 4 is 11.8 Å². The van der Waals surface area contributed by atoms with Crippen molar-refractivity contribution in [3.63, 3.8) is 0 Å². The van der Waals surface area contributed by atoms with Gasteiger partial charge in [-0.15, -0.1) is 0 Å². The van der Waals surface area contributed by atoms with Gasteiger partial charge in [-0.3, -0.25) is 0 Å². The molecule has 1 N–H and O–H groups in total. The Labute approximate surface area is 109 Å². The fourth-order valence-corrected chi connectivity index (χ4v) is 2.14. The van der Waals surface area contributed by atoms with Crippen molar-refractivity contribution in [1.82, 2.24) is 9.97 Å². The van der Waals surface area contributed by atoms with Crippen molar-refractivity contribution < 1.29 is 4.74 Å². The highest BCUT2D eigenvalue weighted by Gasteiger charge is 2.14. The van der Waals surface area contributed by atoms with Gasteiger partial charge in [0, 0.05) is 39.0 Å². The second kappa shape index (κ2) is 6.00. The van der Waals surface area contributed by atoms with E-state index in [9.17, 15) is 0 Å². The summed E-state index contributed by atoms with van der Waals surface area (Å²) < 4.78 is 5.67. The Morgan fingerprint density at radius 1 is 1.44 bits per heavy atom. The number of hydrogen-bond donors (Lipinski definition) is 1. The van der Waals surface area contributed by atoms with E-state index in [1.165, 1.54) is 12.8 Å². The van der Waals surface area contributed by atoms with E-state index in [4.69, 9.17) is 4.74 Å². The Morgan fingerprint density at radius 2 is 2.28 bits per heavy atom. The van der Waals surface area contributed by atoms with Gasteiger partial charge in [0.15, 0.2) is 0 Å². The SMILES string of the molecule is Cc1cnc(NCC2CCCCO2)nc1N(C)C. The lowest BCUT2D eigenvalue weighted by molar-refractivity contribution is 0.0246. The van der Waals surface area contributed by atoms with Crippen molar-refractivity contribution in [3.05, 3.63) is 11.8 Å². The highest BCUT2D eigenvalue weighted by molar-refractivity contribution is 5.47. The Kier molecular flexibility index (Phi) is 4.36. The Bertz CT molecular complexity index is 389. The van der Waals surface area contributed by atoms with E-state index in [-0.39, 0.29) is 0 Å². The molecule has 0 amide bonds. The molecule has 1 aliphatic heterocycles. The van der Waals surface area contributed by atoms with E-state index in [0.717, 1.165) is 31.0 Å². The summed E-state index contributed by atoms with van der Waals surface area (Å²) in [6, 6.07) is 0. The Morgan fingerprint density at radius 3 is 2.94 bits per heavy atom. The third kappa shape index (κ3) is 3.32. The summed E-state index contributed by atoms with van der Waals surface area (Å²) in [5.74, 6) is 1.63. The number of anilines is 2. The molecule has 1 fully saturated rings. The zero-order valence-electron chi connectivity index (χ0n) is 11.4. The van der Waals surface area contributed by atoms with Crippen LogP contribution in [0.1, 0.15) is 24.8 Å². The van der Waals surface area contributed by atoms with Crippen molar-refractivity contribution in [2.75, 3.05) is 37.5 Å². The standard InChI is InChI=1S/C13H22N4O/c1-10-8-14-13(16-12(10)17(2)3)15-9-11-6-4-5-7-18-11/h8,11H,4-7,9H2,1-3H3,(H,14,15,16). The molecule has 1 aromatic heterocycles. The molecular formula is C13H22N4O. The highest BCUT2D eigenvalue weighted by atomic mass is 16.5. The average Bonchev–Trinajstić information content (AvgIpc) is 2.38. The van der Waals surface area contributed by atoms with Gasteiger partial charge in [0.25, 0.3) is 0 Å². The van der Waals surface area contributed by atoms with Gasteiger partial charge in [-0.05, 0) is 26.2 Å². The molecule has 5 heteroatoms. The van der Waals surface area contributed by atoms with Gasteiger partial charge in [-0.2, -0.15) is 4.98 Å². The van der Waals surface area contributed by atoms with Crippen LogP contribution in [0.5, 0.6) is 0 Å². The van der Waals surface area contributed by atoms with E-state index in [1.54, 1.807) is 0 Å². The summed E-state index contributed by atoms with van der Waals surface area (Å²) in [7, 11) is 3.98. The Balaban J connectivity index is 1.94. The van der Waals surface area contributed by atoms with Gasteiger partial charge in [0.2, 0.25) is 5.95 Å². The van der Waals surface area contributed by atoms with Crippen LogP contribution in [0, 0.1) is 6.92 Å². The molecule has 1 unspecified atom stereocenters. The number of aromatic nitrogens is 2. The molecule has 2 heterocycles. The lowest BCUT2D eigenvalue weighted by Gasteiger charge is -2.23. The first-order valence-corrected chi connectivity index (χ1v) is 6.53. The fourth-order valence-electron chi connectivity index (χ4n) is 2.14. The highest BCUT2D eigenvalue weighted by Crippen LogP contribution is 2.16. The maximum absolute atomic E-state index is 5.67. The second-order valence-electron chi connectivity index (χ2n) is 4.96. The minimum atomic E-state index is 0.298. The molecule has 0 bridgehead atoms. The molecule has 0 aromatic carbocycles. The van der Waals surface area contributed by atoms with Gasteiger partial charge in [0.1, 0.15) is 5.82 Å². The van der Waals surface area contributed by atoms with E-state index in [0.29, 0.717) is 12.1 Å². The van der Waals surface area contributed by atoms with Gasteiger partial charge in [0.05, 0.1) is 6.10 Å². The third-order valence-electron chi connectivity index (χ3n) is 3.13. The first-order valence-electron chi connectivity index (χ1n) is 6.53. The molecule has 1 aliphatic rings. The second-order valence-corrected chi connectivity index (χ2v) is 4.96. The maximum Gasteiger partial charge on any atom is 0.224 e. The number of aryl methyl sites for hydroxylation is 1. The van der Waals surface area contributed by atoms with Gasteiger partial charge < -0.3 is 15.0 Å². The molecule has 0 aliphatic carbocycles. The molecule has 0 spiro atoms. The van der Waals surface area contributed by atoms with Crippen molar-refractivity contribution in [1.29, 1.82) is 0 Å². The molecule has 0 saturated carbocycles. The predicted octanol–water partition coefficient (Wildman–Crippen LogP) is 1.83. The minimum absolute atomic E-state index is 0.298. The number of ether oxygens (including phenoxy) is 1. The van der Waals surface area contributed by atoms with Gasteiger partial charge in [-0.1, -0.05) is 0 Å². The Hall–Kier alpha value is -1.36. The average molecular weight is 250 g/mol. The number of hydrogen-bond acceptors (Lipinski definition) is 5. The van der Waals surface area contributed by atoms with Crippen LogP contribution in [0.25, 0.3) is 0 Å². The van der Waals surface area contributed by atoms with Crippen molar-refractivity contribution in [2.45, 2.75) is 32.3 Å². The smallest absolute Gasteiger partial charge is 0.224 e. The van der Waals surface area contributed by atoms with E-state index >= 15 is 0 Å². The number of nitrogens with zero attached hydrogens (tertiary/aromatic N) is 3. The lowest BCUT2D eigenvalue weighted by Crippen LogP contribution is -2.27. The molecule has 100 valence electrons. The first kappa shape index (κ1) is 13.1. The van der Waals surface area contributed by atoms with E-state index in [1.807, 2.05) is 32.1 Å². The van der Waals surface area contributed by atoms with Crippen LogP contribution in [0.2, 0.25) is 0 Å². The minimum Gasteiger partial charge on any atom is -0.376 e. The van der Waals surface area contributed by atoms with Crippen LogP contribution in [0.15, 0.2) is 6.20 Å². The normalized spacial score (nSPS) is 19.6. The van der Waals surface area contributed by atoms with Crippen LogP contribution in [0.3, 0.4) is 0 Å². The zero-order valence-corrected chi connectivity index (χ0v) is 11.4. The molecule has 1 atom stereocenters. The van der Waals surface area contributed by atoms with Crippen LogP contribution in [-0.4, -0.2) is 43.3 Å². The lowest BCUT2D eigenvalue weighted by atomic mass is 10.1. The molecule has 18 heavy (non-hydrogen) atoms. The summed E-state index contributed by atoms with van der Waals surface area (Å²) in [6.07, 6.45) is 5.71. The maximum atomic E-state index is 5.67. The number of nitrogens with one attached hydrogen (secondary N) is 1. The summed E-state index contributed by atoms with van der Waals surface area (Å²) in [6.45, 7) is 3.68. The fraction of sp³-hybridized carbons (Fsp3) is 0.692. The van der Waals surface area contributed by atoms with Crippen LogP contribution >= 0.6 is 0 Å². The summed E-state index contributed by atoms with van der Waals surface area (Å²) in [5, 5.41) is 3.26. The van der Waals surface area contributed by atoms with Gasteiger partial charge >= 0.3 is 0 Å². The molecule has 5 nitrogen and oxygen atoms in total.